The molecule has 0 aliphatic carbocycles. The number of rotatable bonds is 3. The van der Waals surface area contributed by atoms with E-state index in [0.717, 1.165) is 24.3 Å². The second-order valence-electron chi connectivity index (χ2n) is 4.31. The van der Waals surface area contributed by atoms with Crippen molar-refractivity contribution < 1.29 is 36.6 Å². The molecule has 0 aromatic heterocycles. The topological polar surface area (TPSA) is 58.6 Å². The second kappa shape index (κ2) is 6.11. The fourth-order valence-corrected chi connectivity index (χ4v) is 1.72. The van der Waals surface area contributed by atoms with Crippen LogP contribution in [-0.2, 0) is 0 Å². The van der Waals surface area contributed by atoms with E-state index in [1.54, 1.807) is 0 Å². The van der Waals surface area contributed by atoms with Crippen molar-refractivity contribution in [3.05, 3.63) is 53.6 Å². The van der Waals surface area contributed by atoms with Gasteiger partial charge in [0.25, 0.3) is 5.91 Å². The van der Waals surface area contributed by atoms with E-state index < -0.39 is 41.0 Å². The molecule has 0 aliphatic rings. The summed E-state index contributed by atoms with van der Waals surface area (Å²) in [5.74, 6) is -4.85. The number of phenols is 1. The van der Waals surface area contributed by atoms with E-state index in [4.69, 9.17) is 0 Å². The zero-order chi connectivity index (χ0) is 17.2. The van der Waals surface area contributed by atoms with E-state index in [9.17, 15) is 31.9 Å². The van der Waals surface area contributed by atoms with Crippen LogP contribution < -0.4 is 10.1 Å². The van der Waals surface area contributed by atoms with Crippen LogP contribution in [0.1, 0.15) is 10.4 Å². The molecule has 0 saturated heterocycles. The monoisotopic (exact) mass is 333 g/mol. The number of hydrogen-bond donors (Lipinski definition) is 2. The number of carbonyl (C=O) groups is 1. The average molecular weight is 333 g/mol. The molecular formula is C14H8F5NO3. The summed E-state index contributed by atoms with van der Waals surface area (Å²) in [6.07, 6.45) is -4.85. The molecule has 2 aromatic rings. The summed E-state index contributed by atoms with van der Waals surface area (Å²) < 4.78 is 66.0. The minimum Gasteiger partial charge on any atom is -0.507 e. The highest BCUT2D eigenvalue weighted by atomic mass is 19.4. The van der Waals surface area contributed by atoms with E-state index in [1.165, 1.54) is 0 Å². The normalized spacial score (nSPS) is 11.2. The van der Waals surface area contributed by atoms with Gasteiger partial charge in [0, 0.05) is 17.8 Å². The molecule has 0 spiro atoms. The van der Waals surface area contributed by atoms with E-state index in [-0.39, 0.29) is 5.69 Å². The van der Waals surface area contributed by atoms with Gasteiger partial charge in [-0.05, 0) is 24.3 Å². The lowest BCUT2D eigenvalue weighted by Crippen LogP contribution is -2.17. The molecule has 9 heteroatoms. The van der Waals surface area contributed by atoms with Crippen molar-refractivity contribution in [2.75, 3.05) is 5.32 Å². The molecule has 0 radical (unpaired) electrons. The molecule has 0 atom stereocenters. The van der Waals surface area contributed by atoms with Gasteiger partial charge >= 0.3 is 6.36 Å². The summed E-state index contributed by atoms with van der Waals surface area (Å²) in [4.78, 5) is 11.8. The smallest absolute Gasteiger partial charge is 0.507 e. The Morgan fingerprint density at radius 2 is 1.70 bits per heavy atom. The van der Waals surface area contributed by atoms with Crippen molar-refractivity contribution in [3.8, 4) is 11.5 Å². The number of benzene rings is 2. The number of phenolic OH excluding ortho intramolecular Hbond substituents is 1. The number of hydrogen-bond acceptors (Lipinski definition) is 3. The molecule has 2 aromatic carbocycles. The number of ether oxygens (including phenoxy) is 1. The number of nitrogens with one attached hydrogen (secondary N) is 1. The first kappa shape index (κ1) is 16.5. The Morgan fingerprint density at radius 3 is 2.22 bits per heavy atom. The molecule has 0 heterocycles. The molecule has 0 unspecified atom stereocenters. The van der Waals surface area contributed by atoms with Crippen molar-refractivity contribution in [1.82, 2.24) is 0 Å². The SMILES string of the molecule is O=C(Nc1ccc(OC(F)(F)F)cc1)c1c(O)cc(F)cc1F. The van der Waals surface area contributed by atoms with Crippen LogP contribution in [0.15, 0.2) is 36.4 Å². The summed E-state index contributed by atoms with van der Waals surface area (Å²) in [6.45, 7) is 0. The van der Waals surface area contributed by atoms with Crippen molar-refractivity contribution in [1.29, 1.82) is 0 Å². The van der Waals surface area contributed by atoms with E-state index in [2.05, 4.69) is 10.1 Å². The molecule has 1 amide bonds. The van der Waals surface area contributed by atoms with Crippen LogP contribution in [0.2, 0.25) is 0 Å². The van der Waals surface area contributed by atoms with E-state index in [1.807, 2.05) is 0 Å². The highest BCUT2D eigenvalue weighted by Gasteiger charge is 2.31. The van der Waals surface area contributed by atoms with Crippen LogP contribution in [0.3, 0.4) is 0 Å². The van der Waals surface area contributed by atoms with Gasteiger partial charge in [0.15, 0.2) is 0 Å². The number of alkyl halides is 3. The zero-order valence-corrected chi connectivity index (χ0v) is 11.1. The van der Waals surface area contributed by atoms with Crippen LogP contribution >= 0.6 is 0 Å². The molecule has 0 aliphatic heterocycles. The highest BCUT2D eigenvalue weighted by molar-refractivity contribution is 6.06. The van der Waals surface area contributed by atoms with Gasteiger partial charge in [0.2, 0.25) is 0 Å². The predicted octanol–water partition coefficient (Wildman–Crippen LogP) is 3.82. The highest BCUT2D eigenvalue weighted by Crippen LogP contribution is 2.26. The lowest BCUT2D eigenvalue weighted by atomic mass is 10.1. The molecule has 0 bridgehead atoms. The van der Waals surface area contributed by atoms with Crippen LogP contribution in [0.5, 0.6) is 11.5 Å². The van der Waals surface area contributed by atoms with Crippen molar-refractivity contribution >= 4 is 11.6 Å². The van der Waals surface area contributed by atoms with Gasteiger partial charge in [-0.2, -0.15) is 0 Å². The largest absolute Gasteiger partial charge is 0.573 e. The number of anilines is 1. The molecule has 2 rings (SSSR count). The van der Waals surface area contributed by atoms with Crippen molar-refractivity contribution in [3.63, 3.8) is 0 Å². The Hall–Kier alpha value is -2.84. The van der Waals surface area contributed by atoms with Crippen LogP contribution in [-0.4, -0.2) is 17.4 Å². The van der Waals surface area contributed by atoms with Gasteiger partial charge in [-0.3, -0.25) is 4.79 Å². The number of aromatic hydroxyl groups is 1. The van der Waals surface area contributed by atoms with E-state index >= 15 is 0 Å². The number of halogens is 5. The van der Waals surface area contributed by atoms with Gasteiger partial charge in [-0.15, -0.1) is 13.2 Å². The maximum absolute atomic E-state index is 13.5. The molecule has 2 N–H and O–H groups in total. The van der Waals surface area contributed by atoms with Crippen LogP contribution in [0.25, 0.3) is 0 Å². The standard InChI is InChI=1S/C14H8F5NO3/c15-7-5-10(16)12(11(21)6-7)13(22)20-8-1-3-9(4-2-8)23-14(17,18)19/h1-6,21H,(H,20,22). The Labute approximate surface area is 126 Å². The fourth-order valence-electron chi connectivity index (χ4n) is 1.72. The number of carbonyl (C=O) groups excluding carboxylic acids is 1. The molecule has 0 fully saturated rings. The Morgan fingerprint density at radius 1 is 1.09 bits per heavy atom. The maximum atomic E-state index is 13.5. The quantitative estimate of drug-likeness (QED) is 0.840. The maximum Gasteiger partial charge on any atom is 0.573 e. The van der Waals surface area contributed by atoms with Gasteiger partial charge in [0.05, 0.1) is 0 Å². The number of amides is 1. The lowest BCUT2D eigenvalue weighted by molar-refractivity contribution is -0.274. The zero-order valence-electron chi connectivity index (χ0n) is 11.1. The third-order valence-electron chi connectivity index (χ3n) is 2.61. The Kier molecular flexibility index (Phi) is 4.39. The minimum atomic E-state index is -4.85. The molecule has 0 saturated carbocycles. The molecular weight excluding hydrogens is 325 g/mol. The fraction of sp³-hybridized carbons (Fsp3) is 0.0714. The molecule has 23 heavy (non-hydrogen) atoms. The Bertz CT molecular complexity index is 705. The summed E-state index contributed by atoms with van der Waals surface area (Å²) >= 11 is 0. The van der Waals surface area contributed by atoms with Gasteiger partial charge in [-0.1, -0.05) is 0 Å². The van der Waals surface area contributed by atoms with Crippen LogP contribution in [0.4, 0.5) is 27.6 Å². The second-order valence-corrected chi connectivity index (χ2v) is 4.31. The lowest BCUT2D eigenvalue weighted by Gasteiger charge is -2.10. The van der Waals surface area contributed by atoms with Gasteiger partial charge in [-0.25, -0.2) is 8.78 Å². The van der Waals surface area contributed by atoms with Crippen molar-refractivity contribution in [2.45, 2.75) is 6.36 Å². The third-order valence-corrected chi connectivity index (χ3v) is 2.61. The summed E-state index contributed by atoms with van der Waals surface area (Å²) in [7, 11) is 0. The minimum absolute atomic E-state index is 0.0210. The average Bonchev–Trinajstić information content (AvgIpc) is 2.38. The summed E-state index contributed by atoms with van der Waals surface area (Å²) in [6, 6.07) is 5.00. The summed E-state index contributed by atoms with van der Waals surface area (Å²) in [5, 5.41) is 11.6. The van der Waals surface area contributed by atoms with Crippen LogP contribution in [0, 0.1) is 11.6 Å². The predicted molar refractivity (Wildman–Crippen MR) is 69.1 cm³/mol. The Balaban J connectivity index is 2.15. The first-order valence-electron chi connectivity index (χ1n) is 6.01. The first-order chi connectivity index (χ1) is 10.7. The van der Waals surface area contributed by atoms with Gasteiger partial charge in [0.1, 0.15) is 28.7 Å². The van der Waals surface area contributed by atoms with E-state index in [0.29, 0.717) is 12.1 Å². The van der Waals surface area contributed by atoms with Crippen molar-refractivity contribution in [2.24, 2.45) is 0 Å². The molecule has 4 nitrogen and oxygen atoms in total. The van der Waals surface area contributed by atoms with Gasteiger partial charge < -0.3 is 15.2 Å². The molecule has 122 valence electrons. The summed E-state index contributed by atoms with van der Waals surface area (Å²) in [5.41, 5.74) is -0.769. The first-order valence-corrected chi connectivity index (χ1v) is 6.01. The third kappa shape index (κ3) is 4.31.